The molecule has 0 atom stereocenters. The molecule has 0 amide bonds. The lowest BCUT2D eigenvalue weighted by molar-refractivity contribution is 0.573. The van der Waals surface area contributed by atoms with Crippen molar-refractivity contribution in [2.75, 3.05) is 18.0 Å². The van der Waals surface area contributed by atoms with Crippen molar-refractivity contribution in [3.63, 3.8) is 0 Å². The second kappa shape index (κ2) is 3.57. The van der Waals surface area contributed by atoms with E-state index in [1.54, 1.807) is 6.20 Å². The number of rotatable bonds is 1. The maximum Gasteiger partial charge on any atom is 0.128 e. The van der Waals surface area contributed by atoms with Crippen LogP contribution < -0.4 is 4.90 Å². The molecule has 0 bridgehead atoms. The largest absolute Gasteiger partial charge is 0.357 e. The highest BCUT2D eigenvalue weighted by Crippen LogP contribution is 2.15. The van der Waals surface area contributed by atoms with Gasteiger partial charge in [-0.1, -0.05) is 0 Å². The summed E-state index contributed by atoms with van der Waals surface area (Å²) in [7, 11) is 0. The summed E-state index contributed by atoms with van der Waals surface area (Å²) >= 11 is 0. The smallest absolute Gasteiger partial charge is 0.128 e. The molecule has 0 spiro atoms. The van der Waals surface area contributed by atoms with Crippen molar-refractivity contribution in [3.05, 3.63) is 24.4 Å². The fraction of sp³-hybridized carbons (Fsp3) is 0.500. The quantitative estimate of drug-likeness (QED) is 0.625. The predicted octanol–water partition coefficient (Wildman–Crippen LogP) is 1.87. The van der Waals surface area contributed by atoms with Crippen molar-refractivity contribution in [2.24, 2.45) is 0 Å². The molecule has 0 N–H and O–H groups in total. The maximum atomic E-state index is 4.27. The van der Waals surface area contributed by atoms with E-state index in [1.165, 1.54) is 19.3 Å². The standard InChI is InChI=1S/C10H13N2/c1-4-8-12(9-5-1)10-6-2-3-7-11-10/h2,6-7H,1,4-5,8-9H2. The molecule has 1 aliphatic rings. The maximum absolute atomic E-state index is 4.27. The third-order valence-corrected chi connectivity index (χ3v) is 2.28. The van der Waals surface area contributed by atoms with E-state index in [1.807, 2.05) is 12.1 Å². The zero-order valence-electron chi connectivity index (χ0n) is 7.16. The summed E-state index contributed by atoms with van der Waals surface area (Å²) < 4.78 is 0. The van der Waals surface area contributed by atoms with Gasteiger partial charge in [-0.15, -0.1) is 0 Å². The number of pyridine rings is 1. The van der Waals surface area contributed by atoms with Gasteiger partial charge in [0.15, 0.2) is 0 Å². The van der Waals surface area contributed by atoms with Gasteiger partial charge in [0.25, 0.3) is 0 Å². The monoisotopic (exact) mass is 161 g/mol. The third kappa shape index (κ3) is 1.58. The summed E-state index contributed by atoms with van der Waals surface area (Å²) in [6, 6.07) is 6.89. The van der Waals surface area contributed by atoms with Crippen molar-refractivity contribution < 1.29 is 0 Å². The normalized spacial score (nSPS) is 17.8. The molecule has 1 aromatic rings. The van der Waals surface area contributed by atoms with E-state index >= 15 is 0 Å². The molecule has 0 saturated carbocycles. The molecular weight excluding hydrogens is 148 g/mol. The molecule has 0 aliphatic carbocycles. The number of anilines is 1. The first kappa shape index (κ1) is 7.59. The Morgan fingerprint density at radius 1 is 1.25 bits per heavy atom. The van der Waals surface area contributed by atoms with Gasteiger partial charge in [-0.25, -0.2) is 4.98 Å². The summed E-state index contributed by atoms with van der Waals surface area (Å²) in [6.45, 7) is 2.33. The summed E-state index contributed by atoms with van der Waals surface area (Å²) in [5.74, 6) is 1.11. The van der Waals surface area contributed by atoms with Crippen molar-refractivity contribution in [1.82, 2.24) is 4.98 Å². The molecule has 1 aliphatic heterocycles. The van der Waals surface area contributed by atoms with Crippen LogP contribution in [0.1, 0.15) is 19.3 Å². The summed E-state index contributed by atoms with van der Waals surface area (Å²) in [4.78, 5) is 6.62. The van der Waals surface area contributed by atoms with Crippen LogP contribution in [0.4, 0.5) is 5.82 Å². The molecule has 0 aromatic carbocycles. The number of aromatic nitrogens is 1. The molecule has 63 valence electrons. The Morgan fingerprint density at radius 3 is 2.75 bits per heavy atom. The number of nitrogens with zero attached hydrogens (tertiary/aromatic N) is 2. The Hall–Kier alpha value is -1.05. The van der Waals surface area contributed by atoms with Gasteiger partial charge in [0.05, 0.1) is 0 Å². The van der Waals surface area contributed by atoms with Crippen LogP contribution in [0.5, 0.6) is 0 Å². The van der Waals surface area contributed by atoms with E-state index in [0.717, 1.165) is 18.9 Å². The van der Waals surface area contributed by atoms with Gasteiger partial charge in [-0.2, -0.15) is 0 Å². The average molecular weight is 161 g/mol. The van der Waals surface area contributed by atoms with Gasteiger partial charge in [-0.05, 0) is 31.4 Å². The van der Waals surface area contributed by atoms with E-state index < -0.39 is 0 Å². The Kier molecular flexibility index (Phi) is 2.26. The van der Waals surface area contributed by atoms with Crippen LogP contribution in [-0.4, -0.2) is 18.1 Å². The van der Waals surface area contributed by atoms with Crippen molar-refractivity contribution in [2.45, 2.75) is 19.3 Å². The van der Waals surface area contributed by atoms with Crippen molar-refractivity contribution in [1.29, 1.82) is 0 Å². The topological polar surface area (TPSA) is 16.1 Å². The average Bonchev–Trinajstić information content (AvgIpc) is 2.21. The molecule has 1 radical (unpaired) electrons. The first-order chi connectivity index (χ1) is 5.97. The SMILES string of the molecule is [c]1ccc(N2CCCCC2)nc1. The number of hydrogen-bond donors (Lipinski definition) is 0. The minimum Gasteiger partial charge on any atom is -0.357 e. The van der Waals surface area contributed by atoms with Crippen LogP contribution in [0.2, 0.25) is 0 Å². The van der Waals surface area contributed by atoms with E-state index in [9.17, 15) is 0 Å². The molecule has 2 heterocycles. The molecule has 2 heteroatoms. The minimum absolute atomic E-state index is 1.11. The van der Waals surface area contributed by atoms with E-state index in [0.29, 0.717) is 0 Å². The fourth-order valence-corrected chi connectivity index (χ4v) is 1.62. The zero-order chi connectivity index (χ0) is 8.23. The second-order valence-electron chi connectivity index (χ2n) is 3.16. The van der Waals surface area contributed by atoms with E-state index in [4.69, 9.17) is 0 Å². The summed E-state index contributed by atoms with van der Waals surface area (Å²) in [5.41, 5.74) is 0. The number of piperidine rings is 1. The van der Waals surface area contributed by atoms with Crippen LogP contribution >= 0.6 is 0 Å². The van der Waals surface area contributed by atoms with Crippen LogP contribution in [0.3, 0.4) is 0 Å². The molecular formula is C10H13N2. The lowest BCUT2D eigenvalue weighted by atomic mass is 10.1. The molecule has 12 heavy (non-hydrogen) atoms. The third-order valence-electron chi connectivity index (χ3n) is 2.28. The van der Waals surface area contributed by atoms with Gasteiger partial charge >= 0.3 is 0 Å². The van der Waals surface area contributed by atoms with Crippen molar-refractivity contribution >= 4 is 5.82 Å². The fourth-order valence-electron chi connectivity index (χ4n) is 1.62. The molecule has 2 nitrogen and oxygen atoms in total. The van der Waals surface area contributed by atoms with Crippen LogP contribution in [0, 0.1) is 6.07 Å². The highest BCUT2D eigenvalue weighted by Gasteiger charge is 2.10. The number of hydrogen-bond acceptors (Lipinski definition) is 2. The lowest BCUT2D eigenvalue weighted by Gasteiger charge is -2.27. The van der Waals surface area contributed by atoms with Gasteiger partial charge in [0, 0.05) is 25.4 Å². The summed E-state index contributed by atoms with van der Waals surface area (Å²) in [5, 5.41) is 0. The Bertz CT molecular complexity index is 227. The van der Waals surface area contributed by atoms with Crippen molar-refractivity contribution in [3.8, 4) is 0 Å². The Balaban J connectivity index is 2.08. The van der Waals surface area contributed by atoms with Gasteiger partial charge in [0.1, 0.15) is 5.82 Å². The first-order valence-corrected chi connectivity index (χ1v) is 4.54. The van der Waals surface area contributed by atoms with E-state index in [2.05, 4.69) is 16.0 Å². The second-order valence-corrected chi connectivity index (χ2v) is 3.16. The molecule has 2 rings (SSSR count). The first-order valence-electron chi connectivity index (χ1n) is 4.54. The molecule has 1 aromatic heterocycles. The molecule has 1 fully saturated rings. The minimum atomic E-state index is 1.11. The Morgan fingerprint density at radius 2 is 2.08 bits per heavy atom. The highest BCUT2D eigenvalue weighted by atomic mass is 15.2. The Labute approximate surface area is 73.2 Å². The van der Waals surface area contributed by atoms with Crippen LogP contribution in [0.15, 0.2) is 18.3 Å². The molecule has 0 unspecified atom stereocenters. The highest BCUT2D eigenvalue weighted by molar-refractivity contribution is 5.37. The van der Waals surface area contributed by atoms with Crippen LogP contribution in [0.25, 0.3) is 0 Å². The van der Waals surface area contributed by atoms with E-state index in [-0.39, 0.29) is 0 Å². The predicted molar refractivity (Wildman–Crippen MR) is 49.1 cm³/mol. The van der Waals surface area contributed by atoms with Gasteiger partial charge < -0.3 is 4.90 Å². The van der Waals surface area contributed by atoms with Crippen LogP contribution in [-0.2, 0) is 0 Å². The summed E-state index contributed by atoms with van der Waals surface area (Å²) in [6.07, 6.45) is 5.72. The molecule has 1 saturated heterocycles. The zero-order valence-corrected chi connectivity index (χ0v) is 7.16. The van der Waals surface area contributed by atoms with Gasteiger partial charge in [-0.3, -0.25) is 0 Å². The lowest BCUT2D eigenvalue weighted by Crippen LogP contribution is -2.29. The van der Waals surface area contributed by atoms with Gasteiger partial charge in [0.2, 0.25) is 0 Å².